The third-order valence-electron chi connectivity index (χ3n) is 3.66. The standard InChI is InChI=1S/C15H23NO4S/c1-4-14(17)12-6-5-7-13(10-12)21(18,19)16-8-9-20-15(2,3)11-16/h5-7,10,14,17H,4,8-9,11H2,1-3H3. The summed E-state index contributed by atoms with van der Waals surface area (Å²) in [6.07, 6.45) is -0.0880. The summed E-state index contributed by atoms with van der Waals surface area (Å²) in [6.45, 7) is 6.69. The van der Waals surface area contributed by atoms with E-state index in [0.29, 0.717) is 31.7 Å². The number of hydrogen-bond acceptors (Lipinski definition) is 4. The number of aliphatic hydroxyl groups is 1. The van der Waals surface area contributed by atoms with Crippen LogP contribution >= 0.6 is 0 Å². The molecular weight excluding hydrogens is 290 g/mol. The molecule has 0 amide bonds. The van der Waals surface area contributed by atoms with Crippen LogP contribution in [0.15, 0.2) is 29.2 Å². The maximum atomic E-state index is 12.7. The lowest BCUT2D eigenvalue weighted by atomic mass is 10.1. The van der Waals surface area contributed by atoms with Crippen LogP contribution in [0.5, 0.6) is 0 Å². The van der Waals surface area contributed by atoms with Gasteiger partial charge in [-0.15, -0.1) is 0 Å². The van der Waals surface area contributed by atoms with Gasteiger partial charge in [-0.25, -0.2) is 8.42 Å². The van der Waals surface area contributed by atoms with Gasteiger partial charge in [0.2, 0.25) is 10.0 Å². The van der Waals surface area contributed by atoms with E-state index in [0.717, 1.165) is 0 Å². The first-order chi connectivity index (χ1) is 9.76. The van der Waals surface area contributed by atoms with E-state index in [4.69, 9.17) is 4.74 Å². The highest BCUT2D eigenvalue weighted by atomic mass is 32.2. The van der Waals surface area contributed by atoms with Crippen molar-refractivity contribution in [2.24, 2.45) is 0 Å². The zero-order chi connectivity index (χ0) is 15.7. The molecule has 6 heteroatoms. The van der Waals surface area contributed by atoms with Crippen molar-refractivity contribution in [3.05, 3.63) is 29.8 Å². The number of nitrogens with zero attached hydrogens (tertiary/aromatic N) is 1. The van der Waals surface area contributed by atoms with E-state index in [1.807, 2.05) is 20.8 Å². The normalized spacial score (nSPS) is 21.1. The van der Waals surface area contributed by atoms with Crippen LogP contribution in [0.25, 0.3) is 0 Å². The zero-order valence-corrected chi connectivity index (χ0v) is 13.6. The van der Waals surface area contributed by atoms with E-state index in [1.54, 1.807) is 24.3 Å². The van der Waals surface area contributed by atoms with Gasteiger partial charge in [0.25, 0.3) is 0 Å². The predicted molar refractivity (Wildman–Crippen MR) is 80.5 cm³/mol. The molecule has 0 aromatic heterocycles. The van der Waals surface area contributed by atoms with Crippen LogP contribution in [0.3, 0.4) is 0 Å². The minimum absolute atomic E-state index is 0.227. The SMILES string of the molecule is CCC(O)c1cccc(S(=O)(=O)N2CCOC(C)(C)C2)c1. The van der Waals surface area contributed by atoms with E-state index in [9.17, 15) is 13.5 Å². The van der Waals surface area contributed by atoms with Gasteiger partial charge in [-0.2, -0.15) is 4.31 Å². The Labute approximate surface area is 126 Å². The van der Waals surface area contributed by atoms with Crippen molar-refractivity contribution in [3.63, 3.8) is 0 Å². The monoisotopic (exact) mass is 313 g/mol. The van der Waals surface area contributed by atoms with Crippen molar-refractivity contribution in [2.45, 2.75) is 43.8 Å². The number of morpholine rings is 1. The van der Waals surface area contributed by atoms with Crippen molar-refractivity contribution in [3.8, 4) is 0 Å². The molecule has 2 rings (SSSR count). The average Bonchev–Trinajstić information content (AvgIpc) is 2.45. The first-order valence-corrected chi connectivity index (χ1v) is 8.62. The van der Waals surface area contributed by atoms with Gasteiger partial charge in [0.1, 0.15) is 0 Å². The van der Waals surface area contributed by atoms with Gasteiger partial charge in [-0.05, 0) is 38.0 Å². The molecule has 1 heterocycles. The second-order valence-electron chi connectivity index (χ2n) is 5.94. The zero-order valence-electron chi connectivity index (χ0n) is 12.7. The Morgan fingerprint density at radius 2 is 2.14 bits per heavy atom. The Morgan fingerprint density at radius 3 is 2.76 bits per heavy atom. The minimum atomic E-state index is -3.56. The van der Waals surface area contributed by atoms with Crippen molar-refractivity contribution >= 4 is 10.0 Å². The molecule has 0 spiro atoms. The first kappa shape index (κ1) is 16.4. The summed E-state index contributed by atoms with van der Waals surface area (Å²) in [7, 11) is -3.56. The van der Waals surface area contributed by atoms with Crippen molar-refractivity contribution in [1.82, 2.24) is 4.31 Å². The maximum Gasteiger partial charge on any atom is 0.243 e. The van der Waals surface area contributed by atoms with Crippen LogP contribution in [0, 0.1) is 0 Å². The lowest BCUT2D eigenvalue weighted by Gasteiger charge is -2.37. The molecule has 1 aromatic rings. The first-order valence-electron chi connectivity index (χ1n) is 7.18. The van der Waals surface area contributed by atoms with E-state index < -0.39 is 21.7 Å². The van der Waals surface area contributed by atoms with Gasteiger partial charge in [-0.1, -0.05) is 19.1 Å². The lowest BCUT2D eigenvalue weighted by Crippen LogP contribution is -2.50. The molecule has 0 aliphatic carbocycles. The molecule has 1 unspecified atom stereocenters. The molecule has 5 nitrogen and oxygen atoms in total. The Bertz CT molecular complexity index is 597. The molecule has 1 fully saturated rings. The van der Waals surface area contributed by atoms with Crippen LogP contribution < -0.4 is 0 Å². The molecular formula is C15H23NO4S. The summed E-state index contributed by atoms with van der Waals surface area (Å²) in [5.74, 6) is 0. The molecule has 0 bridgehead atoms. The third kappa shape index (κ3) is 3.63. The highest BCUT2D eigenvalue weighted by Gasteiger charge is 2.35. The van der Waals surface area contributed by atoms with Crippen molar-refractivity contribution < 1.29 is 18.3 Å². The Hall–Kier alpha value is -0.950. The van der Waals surface area contributed by atoms with E-state index >= 15 is 0 Å². The van der Waals surface area contributed by atoms with Gasteiger partial charge in [0, 0.05) is 13.1 Å². The number of aliphatic hydroxyl groups excluding tert-OH is 1. The molecule has 1 saturated heterocycles. The Balaban J connectivity index is 2.31. The van der Waals surface area contributed by atoms with Crippen LogP contribution in [-0.4, -0.2) is 43.1 Å². The fraction of sp³-hybridized carbons (Fsp3) is 0.600. The second-order valence-corrected chi connectivity index (χ2v) is 7.88. The summed E-state index contributed by atoms with van der Waals surface area (Å²) in [5.41, 5.74) is 0.150. The molecule has 0 radical (unpaired) electrons. The Morgan fingerprint density at radius 1 is 1.43 bits per heavy atom. The van der Waals surface area contributed by atoms with Gasteiger partial charge in [0.05, 0.1) is 23.2 Å². The van der Waals surface area contributed by atoms with Gasteiger partial charge < -0.3 is 9.84 Å². The van der Waals surface area contributed by atoms with Crippen molar-refractivity contribution in [2.75, 3.05) is 19.7 Å². The highest BCUT2D eigenvalue weighted by Crippen LogP contribution is 2.26. The summed E-state index contributed by atoms with van der Waals surface area (Å²) >= 11 is 0. The second kappa shape index (κ2) is 6.04. The van der Waals surface area contributed by atoms with Crippen molar-refractivity contribution in [1.29, 1.82) is 0 Å². The maximum absolute atomic E-state index is 12.7. The summed E-state index contributed by atoms with van der Waals surface area (Å²) in [5, 5.41) is 9.88. The molecule has 1 atom stereocenters. The molecule has 21 heavy (non-hydrogen) atoms. The topological polar surface area (TPSA) is 66.8 Å². The highest BCUT2D eigenvalue weighted by molar-refractivity contribution is 7.89. The van der Waals surface area contributed by atoms with Crippen LogP contribution in [0.2, 0.25) is 0 Å². The third-order valence-corrected chi connectivity index (χ3v) is 5.50. The van der Waals surface area contributed by atoms with Gasteiger partial charge >= 0.3 is 0 Å². The number of ether oxygens (including phenoxy) is 1. The predicted octanol–water partition coefficient (Wildman–Crippen LogP) is 1.93. The number of rotatable bonds is 4. The summed E-state index contributed by atoms with van der Waals surface area (Å²) < 4.78 is 32.5. The van der Waals surface area contributed by atoms with Crippen LogP contribution in [0.4, 0.5) is 0 Å². The number of hydrogen-bond donors (Lipinski definition) is 1. The fourth-order valence-electron chi connectivity index (χ4n) is 2.45. The van der Waals surface area contributed by atoms with Crippen LogP contribution in [-0.2, 0) is 14.8 Å². The fourth-order valence-corrected chi connectivity index (χ4v) is 4.07. The summed E-state index contributed by atoms with van der Waals surface area (Å²) in [6, 6.07) is 6.55. The lowest BCUT2D eigenvalue weighted by molar-refractivity contribution is -0.0640. The van der Waals surface area contributed by atoms with Gasteiger partial charge in [0.15, 0.2) is 0 Å². The molecule has 118 valence electrons. The number of benzene rings is 1. The number of sulfonamides is 1. The minimum Gasteiger partial charge on any atom is -0.388 e. The quantitative estimate of drug-likeness (QED) is 0.922. The van der Waals surface area contributed by atoms with E-state index in [-0.39, 0.29) is 4.90 Å². The molecule has 0 saturated carbocycles. The van der Waals surface area contributed by atoms with Crippen LogP contribution in [0.1, 0.15) is 38.9 Å². The molecule has 1 N–H and O–H groups in total. The molecule has 1 aliphatic heterocycles. The Kier molecular flexibility index (Phi) is 4.72. The van der Waals surface area contributed by atoms with E-state index in [1.165, 1.54) is 4.31 Å². The van der Waals surface area contributed by atoms with Gasteiger partial charge in [-0.3, -0.25) is 0 Å². The summed E-state index contributed by atoms with van der Waals surface area (Å²) in [4.78, 5) is 0.227. The molecule has 1 aliphatic rings. The average molecular weight is 313 g/mol. The largest absolute Gasteiger partial charge is 0.388 e. The smallest absolute Gasteiger partial charge is 0.243 e. The molecule has 1 aromatic carbocycles. The van der Waals surface area contributed by atoms with E-state index in [2.05, 4.69) is 0 Å².